The molecule has 1 aromatic carbocycles. The maximum atomic E-state index is 9.12. The zero-order valence-electron chi connectivity index (χ0n) is 9.00. The van der Waals surface area contributed by atoms with Gasteiger partial charge in [0.2, 0.25) is 0 Å². The molecule has 0 aliphatic carbocycles. The highest BCUT2D eigenvalue weighted by atomic mass is 32.1. The Labute approximate surface area is 98.8 Å². The van der Waals surface area contributed by atoms with E-state index in [0.29, 0.717) is 4.77 Å². The number of hydrogen-bond acceptors (Lipinski definition) is 3. The van der Waals surface area contributed by atoms with Crippen LogP contribution in [0.4, 0.5) is 0 Å². The lowest BCUT2D eigenvalue weighted by atomic mass is 10.2. The second-order valence-electron chi connectivity index (χ2n) is 3.36. The van der Waals surface area contributed by atoms with Gasteiger partial charge in [0.15, 0.2) is 10.6 Å². The van der Waals surface area contributed by atoms with Crippen LogP contribution in [0.25, 0.3) is 11.4 Å². The molecule has 0 aliphatic heterocycles. The molecule has 1 aromatic heterocycles. The lowest BCUT2D eigenvalue weighted by molar-refractivity contribution is 0.192. The summed E-state index contributed by atoms with van der Waals surface area (Å²) in [5, 5.41) is 13.4. The van der Waals surface area contributed by atoms with Crippen LogP contribution in [0.5, 0.6) is 0 Å². The summed E-state index contributed by atoms with van der Waals surface area (Å²) in [4.78, 5) is 0. The van der Waals surface area contributed by atoms with E-state index in [2.05, 4.69) is 5.10 Å². The molecule has 84 valence electrons. The lowest BCUT2D eigenvalue weighted by Crippen LogP contribution is -2.00. The van der Waals surface area contributed by atoms with Crippen LogP contribution < -0.4 is 0 Å². The topological polar surface area (TPSA) is 43.0 Å². The molecule has 1 heterocycles. The third-order valence-electron chi connectivity index (χ3n) is 2.40. The van der Waals surface area contributed by atoms with E-state index in [1.807, 2.05) is 41.8 Å². The first-order valence-corrected chi connectivity index (χ1v) is 5.52. The molecule has 0 atom stereocenters. The Morgan fingerprint density at radius 3 is 2.56 bits per heavy atom. The van der Waals surface area contributed by atoms with E-state index in [-0.39, 0.29) is 6.73 Å². The van der Waals surface area contributed by atoms with E-state index < -0.39 is 0 Å². The SMILES string of the molecule is CCn1c(-c2ccccc2)nn(CO)c1=S. The maximum absolute atomic E-state index is 9.12. The minimum atomic E-state index is -0.189. The normalized spacial score (nSPS) is 10.6. The largest absolute Gasteiger partial charge is 0.374 e. The molecule has 0 bridgehead atoms. The predicted octanol–water partition coefficient (Wildman–Crippen LogP) is 2.05. The van der Waals surface area contributed by atoms with Gasteiger partial charge in [-0.15, -0.1) is 5.10 Å². The molecule has 2 rings (SSSR count). The highest BCUT2D eigenvalue weighted by Crippen LogP contribution is 2.17. The van der Waals surface area contributed by atoms with Gasteiger partial charge in [0.25, 0.3) is 0 Å². The smallest absolute Gasteiger partial charge is 0.200 e. The fourth-order valence-electron chi connectivity index (χ4n) is 1.62. The Morgan fingerprint density at radius 2 is 2.00 bits per heavy atom. The minimum Gasteiger partial charge on any atom is -0.374 e. The molecule has 0 saturated heterocycles. The van der Waals surface area contributed by atoms with Crippen molar-refractivity contribution in [1.82, 2.24) is 14.3 Å². The van der Waals surface area contributed by atoms with Crippen LogP contribution in [0.2, 0.25) is 0 Å². The summed E-state index contributed by atoms with van der Waals surface area (Å²) in [6, 6.07) is 9.82. The van der Waals surface area contributed by atoms with Gasteiger partial charge in [0.05, 0.1) is 0 Å². The molecule has 16 heavy (non-hydrogen) atoms. The summed E-state index contributed by atoms with van der Waals surface area (Å²) in [6.45, 7) is 2.56. The van der Waals surface area contributed by atoms with Gasteiger partial charge >= 0.3 is 0 Å². The molecule has 0 unspecified atom stereocenters. The molecule has 0 aliphatic rings. The van der Waals surface area contributed by atoms with Crippen LogP contribution in [0.1, 0.15) is 6.92 Å². The van der Waals surface area contributed by atoms with Crippen molar-refractivity contribution in [3.05, 3.63) is 35.1 Å². The molecule has 2 aromatic rings. The molecule has 0 fully saturated rings. The quantitative estimate of drug-likeness (QED) is 0.828. The van der Waals surface area contributed by atoms with Gasteiger partial charge in [0, 0.05) is 12.1 Å². The number of rotatable bonds is 3. The molecule has 1 N–H and O–H groups in total. The van der Waals surface area contributed by atoms with E-state index in [1.54, 1.807) is 0 Å². The Morgan fingerprint density at radius 1 is 1.31 bits per heavy atom. The third kappa shape index (κ3) is 1.79. The van der Waals surface area contributed by atoms with Crippen LogP contribution in [0, 0.1) is 4.77 Å². The molecule has 4 nitrogen and oxygen atoms in total. The molecule has 0 saturated carbocycles. The first-order valence-electron chi connectivity index (χ1n) is 5.12. The molecular formula is C11H13N3OS. The zero-order chi connectivity index (χ0) is 11.5. The summed E-state index contributed by atoms with van der Waals surface area (Å²) in [5.74, 6) is 0.794. The summed E-state index contributed by atoms with van der Waals surface area (Å²) >= 11 is 5.21. The van der Waals surface area contributed by atoms with Crippen molar-refractivity contribution in [1.29, 1.82) is 0 Å². The average molecular weight is 235 g/mol. The number of benzene rings is 1. The number of aliphatic hydroxyl groups is 1. The second-order valence-corrected chi connectivity index (χ2v) is 3.72. The summed E-state index contributed by atoms with van der Waals surface area (Å²) < 4.78 is 3.87. The number of aromatic nitrogens is 3. The molecule has 5 heteroatoms. The van der Waals surface area contributed by atoms with Crippen LogP contribution in [0.15, 0.2) is 30.3 Å². The van der Waals surface area contributed by atoms with Crippen molar-refractivity contribution in [2.45, 2.75) is 20.2 Å². The van der Waals surface area contributed by atoms with E-state index in [0.717, 1.165) is 17.9 Å². The Hall–Kier alpha value is -1.46. The maximum Gasteiger partial charge on any atom is 0.200 e. The minimum absolute atomic E-state index is 0.189. The fourth-order valence-corrected chi connectivity index (χ4v) is 1.93. The van der Waals surface area contributed by atoms with E-state index in [9.17, 15) is 0 Å². The fraction of sp³-hybridized carbons (Fsp3) is 0.273. The van der Waals surface area contributed by atoms with Gasteiger partial charge in [-0.1, -0.05) is 30.3 Å². The summed E-state index contributed by atoms with van der Waals surface area (Å²) in [6.07, 6.45) is 0. The number of aliphatic hydroxyl groups excluding tert-OH is 1. The number of nitrogens with zero attached hydrogens (tertiary/aromatic N) is 3. The molecular weight excluding hydrogens is 222 g/mol. The lowest BCUT2D eigenvalue weighted by Gasteiger charge is -2.02. The van der Waals surface area contributed by atoms with Crippen LogP contribution in [-0.2, 0) is 13.3 Å². The Balaban J connectivity index is 2.61. The Kier molecular flexibility index (Phi) is 3.17. The van der Waals surface area contributed by atoms with Gasteiger partial charge in [-0.05, 0) is 19.1 Å². The van der Waals surface area contributed by atoms with Gasteiger partial charge in [-0.25, -0.2) is 4.68 Å². The van der Waals surface area contributed by atoms with E-state index in [4.69, 9.17) is 17.3 Å². The highest BCUT2D eigenvalue weighted by molar-refractivity contribution is 7.71. The summed E-state index contributed by atoms with van der Waals surface area (Å²) in [5.41, 5.74) is 1.00. The van der Waals surface area contributed by atoms with E-state index in [1.165, 1.54) is 4.68 Å². The Bertz CT molecular complexity index is 530. The molecule has 0 spiro atoms. The monoisotopic (exact) mass is 235 g/mol. The van der Waals surface area contributed by atoms with Crippen molar-refractivity contribution in [2.24, 2.45) is 0 Å². The van der Waals surface area contributed by atoms with Crippen molar-refractivity contribution in [3.8, 4) is 11.4 Å². The van der Waals surface area contributed by atoms with Gasteiger partial charge in [-0.2, -0.15) is 0 Å². The van der Waals surface area contributed by atoms with E-state index >= 15 is 0 Å². The van der Waals surface area contributed by atoms with Crippen LogP contribution in [-0.4, -0.2) is 19.5 Å². The highest BCUT2D eigenvalue weighted by Gasteiger charge is 2.10. The summed E-state index contributed by atoms with van der Waals surface area (Å²) in [7, 11) is 0. The first-order chi connectivity index (χ1) is 7.77. The molecule has 0 amide bonds. The second kappa shape index (κ2) is 4.59. The average Bonchev–Trinajstić information content (AvgIpc) is 2.66. The van der Waals surface area contributed by atoms with Crippen LogP contribution in [0.3, 0.4) is 0 Å². The van der Waals surface area contributed by atoms with Gasteiger partial charge in [0.1, 0.15) is 6.73 Å². The van der Waals surface area contributed by atoms with Gasteiger partial charge in [-0.3, -0.25) is 0 Å². The standard InChI is InChI=1S/C11H13N3OS/c1-2-13-10(9-6-4-3-5-7-9)12-14(8-15)11(13)16/h3-7,15H,2,8H2,1H3. The van der Waals surface area contributed by atoms with Crippen LogP contribution >= 0.6 is 12.2 Å². The van der Waals surface area contributed by atoms with Crippen molar-refractivity contribution in [2.75, 3.05) is 0 Å². The first kappa shape index (κ1) is 11.0. The number of hydrogen-bond donors (Lipinski definition) is 1. The third-order valence-corrected chi connectivity index (χ3v) is 2.84. The van der Waals surface area contributed by atoms with Crippen molar-refractivity contribution >= 4 is 12.2 Å². The predicted molar refractivity (Wildman–Crippen MR) is 64.4 cm³/mol. The van der Waals surface area contributed by atoms with Gasteiger partial charge < -0.3 is 9.67 Å². The molecule has 0 radical (unpaired) electrons. The zero-order valence-corrected chi connectivity index (χ0v) is 9.81. The van der Waals surface area contributed by atoms with Crippen molar-refractivity contribution < 1.29 is 5.11 Å². The van der Waals surface area contributed by atoms with Crippen molar-refractivity contribution in [3.63, 3.8) is 0 Å².